The second kappa shape index (κ2) is 9.76. The Kier molecular flexibility index (Phi) is 8.30. The van der Waals surface area contributed by atoms with Crippen LogP contribution in [0.1, 0.15) is 25.3 Å². The van der Waals surface area contributed by atoms with Gasteiger partial charge in [-0.3, -0.25) is 4.99 Å². The third-order valence-electron chi connectivity index (χ3n) is 4.91. The summed E-state index contributed by atoms with van der Waals surface area (Å²) < 4.78 is 6.72. The van der Waals surface area contributed by atoms with Crippen LogP contribution in [0.3, 0.4) is 0 Å². The van der Waals surface area contributed by atoms with Gasteiger partial charge in [0.15, 0.2) is 5.96 Å². The number of ether oxygens (including phenoxy) is 1. The number of guanidine groups is 1. The van der Waals surface area contributed by atoms with Gasteiger partial charge in [0, 0.05) is 47.7 Å². The van der Waals surface area contributed by atoms with Crippen LogP contribution in [0.4, 0.5) is 0 Å². The van der Waals surface area contributed by atoms with Gasteiger partial charge in [-0.05, 0) is 49.9 Å². The Morgan fingerprint density at radius 3 is 3.00 bits per heavy atom. The van der Waals surface area contributed by atoms with E-state index in [-0.39, 0.29) is 24.0 Å². The predicted molar refractivity (Wildman–Crippen MR) is 118 cm³/mol. The highest BCUT2D eigenvalue weighted by Crippen LogP contribution is 2.38. The van der Waals surface area contributed by atoms with Crippen molar-refractivity contribution in [3.63, 3.8) is 0 Å². The van der Waals surface area contributed by atoms with Gasteiger partial charge < -0.3 is 15.0 Å². The molecule has 7 heteroatoms. The molecule has 25 heavy (non-hydrogen) atoms. The summed E-state index contributed by atoms with van der Waals surface area (Å²) in [5.74, 6) is 1.03. The highest BCUT2D eigenvalue weighted by atomic mass is 127. The van der Waals surface area contributed by atoms with Gasteiger partial charge in [-0.2, -0.15) is 0 Å². The zero-order valence-electron chi connectivity index (χ0n) is 14.6. The Hall–Kier alpha value is -0.0500. The molecule has 0 aliphatic carbocycles. The number of nitrogens with zero attached hydrogens (tertiary/aromatic N) is 2. The van der Waals surface area contributed by atoms with E-state index in [1.54, 1.807) is 0 Å². The summed E-state index contributed by atoms with van der Waals surface area (Å²) in [6.07, 6.45) is 3.26. The minimum atomic E-state index is 0. The summed E-state index contributed by atoms with van der Waals surface area (Å²) in [5, 5.41) is 4.21. The van der Waals surface area contributed by atoms with Crippen molar-refractivity contribution in [2.45, 2.75) is 26.2 Å². The molecule has 0 saturated carbocycles. The van der Waals surface area contributed by atoms with E-state index < -0.39 is 0 Å². The molecule has 2 aliphatic rings. The van der Waals surface area contributed by atoms with E-state index in [4.69, 9.17) is 21.3 Å². The summed E-state index contributed by atoms with van der Waals surface area (Å²) in [6, 6.07) is 5.90. The van der Waals surface area contributed by atoms with Gasteiger partial charge in [0.2, 0.25) is 0 Å². The third-order valence-corrected chi connectivity index (χ3v) is 5.92. The molecule has 0 radical (unpaired) electrons. The monoisotopic (exact) mass is 541 g/mol. The fourth-order valence-electron chi connectivity index (χ4n) is 3.53. The van der Waals surface area contributed by atoms with Crippen LogP contribution >= 0.6 is 51.5 Å². The van der Waals surface area contributed by atoms with Crippen LogP contribution < -0.4 is 5.32 Å². The largest absolute Gasteiger partial charge is 0.381 e. The van der Waals surface area contributed by atoms with Crippen LogP contribution in [0.25, 0.3) is 0 Å². The Morgan fingerprint density at radius 2 is 2.28 bits per heavy atom. The van der Waals surface area contributed by atoms with E-state index >= 15 is 0 Å². The van der Waals surface area contributed by atoms with Crippen LogP contribution in [0.15, 0.2) is 27.7 Å². The first-order chi connectivity index (χ1) is 11.6. The number of hydrogen-bond donors (Lipinski definition) is 1. The van der Waals surface area contributed by atoms with Gasteiger partial charge in [-0.25, -0.2) is 0 Å². The van der Waals surface area contributed by atoms with Gasteiger partial charge in [0.05, 0.1) is 6.61 Å². The average molecular weight is 543 g/mol. The Balaban J connectivity index is 0.00000225. The van der Waals surface area contributed by atoms with Crippen LogP contribution in [0.5, 0.6) is 0 Å². The van der Waals surface area contributed by atoms with Gasteiger partial charge in [0.25, 0.3) is 0 Å². The number of benzene rings is 1. The van der Waals surface area contributed by atoms with E-state index in [0.717, 1.165) is 61.3 Å². The topological polar surface area (TPSA) is 36.9 Å². The van der Waals surface area contributed by atoms with Gasteiger partial charge in [0.1, 0.15) is 0 Å². The van der Waals surface area contributed by atoms with E-state index in [1.807, 2.05) is 18.2 Å². The van der Waals surface area contributed by atoms with Crippen molar-refractivity contribution in [1.29, 1.82) is 0 Å². The smallest absolute Gasteiger partial charge is 0.193 e. The van der Waals surface area contributed by atoms with E-state index in [1.165, 1.54) is 18.4 Å². The Bertz CT molecular complexity index is 608. The summed E-state index contributed by atoms with van der Waals surface area (Å²) in [6.45, 7) is 7.69. The van der Waals surface area contributed by atoms with Crippen molar-refractivity contribution in [1.82, 2.24) is 10.2 Å². The molecule has 4 nitrogen and oxygen atoms in total. The number of likely N-dealkylation sites (tertiary alicyclic amines) is 1. The molecule has 1 aromatic carbocycles. The SMILES string of the molecule is CCNC(=NCCc1cc(Cl)ccc1Br)N1CCC2(CCOC2)C1.I. The Morgan fingerprint density at radius 1 is 1.44 bits per heavy atom. The summed E-state index contributed by atoms with van der Waals surface area (Å²) in [7, 11) is 0. The molecule has 1 aromatic rings. The minimum absolute atomic E-state index is 0. The normalized spacial score (nSPS) is 23.2. The number of rotatable bonds is 4. The molecule has 1 spiro atoms. The molecular formula is C18H26BrClIN3O. The first-order valence-corrected chi connectivity index (χ1v) is 9.84. The zero-order chi connectivity index (χ0) is 17.0. The van der Waals surface area contributed by atoms with Crippen molar-refractivity contribution >= 4 is 57.5 Å². The van der Waals surface area contributed by atoms with Crippen molar-refractivity contribution in [3.05, 3.63) is 33.3 Å². The average Bonchev–Trinajstić information content (AvgIpc) is 3.20. The number of aliphatic imine (C=N–C) groups is 1. The lowest BCUT2D eigenvalue weighted by atomic mass is 9.87. The van der Waals surface area contributed by atoms with Crippen LogP contribution in [0, 0.1) is 5.41 Å². The van der Waals surface area contributed by atoms with Crippen LogP contribution in [-0.2, 0) is 11.2 Å². The summed E-state index contributed by atoms with van der Waals surface area (Å²) in [5.41, 5.74) is 1.55. The highest BCUT2D eigenvalue weighted by molar-refractivity contribution is 14.0. The molecule has 0 amide bonds. The second-order valence-electron chi connectivity index (χ2n) is 6.70. The maximum atomic E-state index is 6.09. The standard InChI is InChI=1S/C18H25BrClN3O.HI/c1-2-21-17(23-9-6-18(12-23)7-10-24-13-18)22-8-5-14-11-15(20)3-4-16(14)19;/h3-4,11H,2,5-10,12-13H2,1H3,(H,21,22);1H. The fraction of sp³-hybridized carbons (Fsp3) is 0.611. The van der Waals surface area contributed by atoms with Crippen molar-refractivity contribution < 1.29 is 4.74 Å². The zero-order valence-corrected chi connectivity index (χ0v) is 19.2. The summed E-state index contributed by atoms with van der Waals surface area (Å²) >= 11 is 9.68. The number of hydrogen-bond acceptors (Lipinski definition) is 2. The van der Waals surface area contributed by atoms with Gasteiger partial charge in [-0.1, -0.05) is 27.5 Å². The lowest BCUT2D eigenvalue weighted by Crippen LogP contribution is -2.41. The molecule has 0 aromatic heterocycles. The van der Waals surface area contributed by atoms with E-state index in [9.17, 15) is 0 Å². The highest BCUT2D eigenvalue weighted by Gasteiger charge is 2.42. The molecule has 3 rings (SSSR count). The van der Waals surface area contributed by atoms with E-state index in [0.29, 0.717) is 5.41 Å². The quantitative estimate of drug-likeness (QED) is 0.350. The fourth-order valence-corrected chi connectivity index (χ4v) is 4.17. The molecule has 2 heterocycles. The van der Waals surface area contributed by atoms with Crippen LogP contribution in [-0.4, -0.2) is 50.3 Å². The maximum absolute atomic E-state index is 6.09. The summed E-state index contributed by atoms with van der Waals surface area (Å²) in [4.78, 5) is 7.24. The lowest BCUT2D eigenvalue weighted by Gasteiger charge is -2.25. The van der Waals surface area contributed by atoms with E-state index in [2.05, 4.69) is 33.1 Å². The van der Waals surface area contributed by atoms with Gasteiger partial charge >= 0.3 is 0 Å². The van der Waals surface area contributed by atoms with Crippen LogP contribution in [0.2, 0.25) is 5.02 Å². The van der Waals surface area contributed by atoms with Crippen molar-refractivity contribution in [3.8, 4) is 0 Å². The molecule has 1 unspecified atom stereocenters. The molecular weight excluding hydrogens is 516 g/mol. The number of halogens is 3. The second-order valence-corrected chi connectivity index (χ2v) is 7.99. The molecule has 140 valence electrons. The molecule has 2 aliphatic heterocycles. The molecule has 2 saturated heterocycles. The Labute approximate surface area is 180 Å². The predicted octanol–water partition coefficient (Wildman–Crippen LogP) is 4.34. The molecule has 2 fully saturated rings. The van der Waals surface area contributed by atoms with Crippen molar-refractivity contribution in [2.75, 3.05) is 39.4 Å². The maximum Gasteiger partial charge on any atom is 0.193 e. The third kappa shape index (κ3) is 5.47. The number of nitrogens with one attached hydrogen (secondary N) is 1. The minimum Gasteiger partial charge on any atom is -0.381 e. The molecule has 1 atom stereocenters. The molecule has 0 bridgehead atoms. The first-order valence-electron chi connectivity index (χ1n) is 8.67. The molecule has 1 N–H and O–H groups in total. The van der Waals surface area contributed by atoms with Gasteiger partial charge in [-0.15, -0.1) is 24.0 Å². The lowest BCUT2D eigenvalue weighted by molar-refractivity contribution is 0.156. The van der Waals surface area contributed by atoms with Crippen molar-refractivity contribution in [2.24, 2.45) is 10.4 Å². The first kappa shape index (κ1) is 21.3.